The highest BCUT2D eigenvalue weighted by molar-refractivity contribution is 7.11. The van der Waals surface area contributed by atoms with Crippen molar-refractivity contribution < 1.29 is 4.74 Å². The predicted octanol–water partition coefficient (Wildman–Crippen LogP) is 2.78. The van der Waals surface area contributed by atoms with Crippen LogP contribution in [-0.2, 0) is 24.4 Å². The molecule has 0 radical (unpaired) electrons. The van der Waals surface area contributed by atoms with E-state index in [1.165, 1.54) is 48.7 Å². The number of thiazole rings is 1. The summed E-state index contributed by atoms with van der Waals surface area (Å²) in [5.41, 5.74) is 1.11. The standard InChI is InChI=1S/C15H27N3OS/c1-3-16-10-14-13(12-19-2)17-15(20-14)11-18-8-6-4-5-7-9-18/h16H,3-12H2,1-2H3. The molecular formula is C15H27N3OS. The van der Waals surface area contributed by atoms with Crippen molar-refractivity contribution in [2.75, 3.05) is 26.7 Å². The molecule has 20 heavy (non-hydrogen) atoms. The molecule has 1 N–H and O–H groups in total. The Bertz CT molecular complexity index is 386. The van der Waals surface area contributed by atoms with Gasteiger partial charge in [0.05, 0.1) is 18.8 Å². The first kappa shape index (κ1) is 15.9. The van der Waals surface area contributed by atoms with Gasteiger partial charge in [0, 0.05) is 18.5 Å². The zero-order valence-corrected chi connectivity index (χ0v) is 13.6. The van der Waals surface area contributed by atoms with Crippen molar-refractivity contribution in [1.29, 1.82) is 0 Å². The summed E-state index contributed by atoms with van der Waals surface area (Å²) in [6.07, 6.45) is 5.44. The van der Waals surface area contributed by atoms with Gasteiger partial charge < -0.3 is 10.1 Å². The number of rotatable bonds is 7. The van der Waals surface area contributed by atoms with Gasteiger partial charge in [0.25, 0.3) is 0 Å². The van der Waals surface area contributed by atoms with Crippen LogP contribution in [0.25, 0.3) is 0 Å². The molecule has 1 fully saturated rings. The van der Waals surface area contributed by atoms with Crippen LogP contribution in [0.2, 0.25) is 0 Å². The molecule has 1 aromatic rings. The van der Waals surface area contributed by atoms with E-state index in [-0.39, 0.29) is 0 Å². The van der Waals surface area contributed by atoms with Gasteiger partial charge in [0.1, 0.15) is 5.01 Å². The molecule has 114 valence electrons. The van der Waals surface area contributed by atoms with Crippen molar-refractivity contribution >= 4 is 11.3 Å². The van der Waals surface area contributed by atoms with E-state index < -0.39 is 0 Å². The van der Waals surface area contributed by atoms with Crippen molar-refractivity contribution in [3.8, 4) is 0 Å². The van der Waals surface area contributed by atoms with Crippen LogP contribution < -0.4 is 5.32 Å². The second kappa shape index (κ2) is 8.72. The third-order valence-corrected chi connectivity index (χ3v) is 4.78. The zero-order chi connectivity index (χ0) is 14.2. The lowest BCUT2D eigenvalue weighted by molar-refractivity contribution is 0.180. The van der Waals surface area contributed by atoms with E-state index in [2.05, 4.69) is 17.1 Å². The quantitative estimate of drug-likeness (QED) is 0.840. The van der Waals surface area contributed by atoms with Crippen molar-refractivity contribution in [2.45, 2.75) is 52.3 Å². The van der Waals surface area contributed by atoms with Gasteiger partial charge >= 0.3 is 0 Å². The summed E-state index contributed by atoms with van der Waals surface area (Å²) in [4.78, 5) is 8.68. The molecule has 0 unspecified atom stereocenters. The first-order chi connectivity index (χ1) is 9.83. The predicted molar refractivity (Wildman–Crippen MR) is 84.0 cm³/mol. The Balaban J connectivity index is 1.98. The number of hydrogen-bond acceptors (Lipinski definition) is 5. The molecule has 0 aliphatic carbocycles. The number of hydrogen-bond donors (Lipinski definition) is 1. The largest absolute Gasteiger partial charge is 0.378 e. The average Bonchev–Trinajstić information content (AvgIpc) is 2.64. The fourth-order valence-electron chi connectivity index (χ4n) is 2.62. The van der Waals surface area contributed by atoms with E-state index in [1.807, 2.05) is 11.3 Å². The third kappa shape index (κ3) is 4.81. The smallest absolute Gasteiger partial charge is 0.107 e. The highest BCUT2D eigenvalue weighted by Gasteiger charge is 2.15. The van der Waals surface area contributed by atoms with Gasteiger partial charge in [-0.15, -0.1) is 11.3 Å². The molecule has 5 heteroatoms. The molecule has 2 heterocycles. The fraction of sp³-hybridized carbons (Fsp3) is 0.800. The lowest BCUT2D eigenvalue weighted by atomic mass is 10.2. The normalized spacial score (nSPS) is 17.3. The van der Waals surface area contributed by atoms with E-state index in [0.29, 0.717) is 6.61 Å². The Labute approximate surface area is 126 Å². The van der Waals surface area contributed by atoms with Crippen LogP contribution in [0, 0.1) is 0 Å². The second-order valence-electron chi connectivity index (χ2n) is 5.38. The number of ether oxygens (including phenoxy) is 1. The maximum atomic E-state index is 5.27. The van der Waals surface area contributed by atoms with Crippen molar-refractivity contribution in [3.63, 3.8) is 0 Å². The van der Waals surface area contributed by atoms with Gasteiger partial charge in [-0.1, -0.05) is 19.8 Å². The molecule has 0 saturated carbocycles. The van der Waals surface area contributed by atoms with Crippen LogP contribution >= 0.6 is 11.3 Å². The third-order valence-electron chi connectivity index (χ3n) is 3.70. The van der Waals surface area contributed by atoms with Gasteiger partial charge in [-0.05, 0) is 32.5 Å². The number of nitrogens with zero attached hydrogens (tertiary/aromatic N) is 2. The molecule has 0 atom stereocenters. The lowest BCUT2D eigenvalue weighted by Crippen LogP contribution is -2.23. The van der Waals surface area contributed by atoms with Gasteiger partial charge in [0.2, 0.25) is 0 Å². The first-order valence-electron chi connectivity index (χ1n) is 7.73. The maximum absolute atomic E-state index is 5.27. The molecule has 1 aliphatic rings. The van der Waals surface area contributed by atoms with Gasteiger partial charge in [-0.25, -0.2) is 4.98 Å². The van der Waals surface area contributed by atoms with Crippen molar-refractivity contribution in [2.24, 2.45) is 0 Å². The Hall–Kier alpha value is -0.490. The van der Waals surface area contributed by atoms with E-state index in [1.54, 1.807) is 7.11 Å². The van der Waals surface area contributed by atoms with Crippen LogP contribution in [0.1, 0.15) is 48.2 Å². The monoisotopic (exact) mass is 297 g/mol. The summed E-state index contributed by atoms with van der Waals surface area (Å²) in [6, 6.07) is 0. The molecule has 0 spiro atoms. The minimum Gasteiger partial charge on any atom is -0.378 e. The molecule has 1 aliphatic heterocycles. The summed E-state index contributed by atoms with van der Waals surface area (Å²) in [7, 11) is 1.74. The van der Waals surface area contributed by atoms with E-state index >= 15 is 0 Å². The summed E-state index contributed by atoms with van der Waals surface area (Å²) < 4.78 is 5.27. The highest BCUT2D eigenvalue weighted by atomic mass is 32.1. The molecule has 0 amide bonds. The van der Waals surface area contributed by atoms with E-state index in [9.17, 15) is 0 Å². The van der Waals surface area contributed by atoms with Crippen LogP contribution in [0.15, 0.2) is 0 Å². The molecule has 4 nitrogen and oxygen atoms in total. The minimum atomic E-state index is 0.622. The molecule has 1 aromatic heterocycles. The summed E-state index contributed by atoms with van der Waals surface area (Å²) in [5, 5.41) is 4.63. The number of aromatic nitrogens is 1. The van der Waals surface area contributed by atoms with Gasteiger partial charge in [-0.3, -0.25) is 4.90 Å². The maximum Gasteiger partial charge on any atom is 0.107 e. The Kier molecular flexibility index (Phi) is 6.93. The first-order valence-corrected chi connectivity index (χ1v) is 8.54. The number of nitrogens with one attached hydrogen (secondary N) is 1. The number of methoxy groups -OCH3 is 1. The van der Waals surface area contributed by atoms with Crippen molar-refractivity contribution in [1.82, 2.24) is 15.2 Å². The SMILES string of the molecule is CCNCc1sc(CN2CCCCCC2)nc1COC. The molecule has 0 aromatic carbocycles. The summed E-state index contributed by atoms with van der Waals surface area (Å²) in [5.74, 6) is 0. The zero-order valence-electron chi connectivity index (χ0n) is 12.8. The van der Waals surface area contributed by atoms with Crippen LogP contribution in [0.4, 0.5) is 0 Å². The number of likely N-dealkylation sites (tertiary alicyclic amines) is 1. The van der Waals surface area contributed by atoms with Crippen LogP contribution in [0.3, 0.4) is 0 Å². The van der Waals surface area contributed by atoms with Gasteiger partial charge in [-0.2, -0.15) is 0 Å². The van der Waals surface area contributed by atoms with Crippen molar-refractivity contribution in [3.05, 3.63) is 15.6 Å². The fourth-order valence-corrected chi connectivity index (χ4v) is 3.70. The highest BCUT2D eigenvalue weighted by Crippen LogP contribution is 2.22. The Morgan fingerprint density at radius 1 is 1.25 bits per heavy atom. The Morgan fingerprint density at radius 3 is 2.65 bits per heavy atom. The van der Waals surface area contributed by atoms with Crippen LogP contribution in [0.5, 0.6) is 0 Å². The topological polar surface area (TPSA) is 37.4 Å². The van der Waals surface area contributed by atoms with Gasteiger partial charge in [0.15, 0.2) is 0 Å². The van der Waals surface area contributed by atoms with E-state index in [0.717, 1.165) is 25.3 Å². The Morgan fingerprint density at radius 2 is 2.00 bits per heavy atom. The molecular weight excluding hydrogens is 270 g/mol. The molecule has 0 bridgehead atoms. The van der Waals surface area contributed by atoms with E-state index in [4.69, 9.17) is 9.72 Å². The van der Waals surface area contributed by atoms with Crippen LogP contribution in [-0.4, -0.2) is 36.6 Å². The lowest BCUT2D eigenvalue weighted by Gasteiger charge is -2.17. The minimum absolute atomic E-state index is 0.622. The summed E-state index contributed by atoms with van der Waals surface area (Å²) in [6.45, 7) is 8.11. The molecule has 2 rings (SSSR count). The molecule has 1 saturated heterocycles. The summed E-state index contributed by atoms with van der Waals surface area (Å²) >= 11 is 1.84. The second-order valence-corrected chi connectivity index (χ2v) is 6.55. The average molecular weight is 297 g/mol.